The predicted octanol–water partition coefficient (Wildman–Crippen LogP) is 2.31. The molecule has 1 atom stereocenters. The molecule has 1 aromatic carbocycles. The third-order valence-electron chi connectivity index (χ3n) is 2.10. The molecule has 0 aliphatic carbocycles. The van der Waals surface area contributed by atoms with Gasteiger partial charge < -0.3 is 14.6 Å². The van der Waals surface area contributed by atoms with Gasteiger partial charge in [-0.3, -0.25) is 0 Å². The highest BCUT2D eigenvalue weighted by Crippen LogP contribution is 2.28. The molecule has 0 amide bonds. The second-order valence-electron chi connectivity index (χ2n) is 3.08. The van der Waals surface area contributed by atoms with Crippen molar-refractivity contribution in [2.24, 2.45) is 0 Å². The Morgan fingerprint density at radius 1 is 1.47 bits per heavy atom. The smallest absolute Gasteiger partial charge is 0.337 e. The molecule has 0 radical (unpaired) electrons. The number of hydrogen-bond acceptors (Lipinski definition) is 3. The van der Waals surface area contributed by atoms with Crippen LogP contribution < -0.4 is 0 Å². The van der Waals surface area contributed by atoms with Gasteiger partial charge >= 0.3 is 5.97 Å². The summed E-state index contributed by atoms with van der Waals surface area (Å²) in [5.74, 6) is -1.27. The average molecular weight is 271 g/mol. The first-order valence-electron chi connectivity index (χ1n) is 4.17. The van der Waals surface area contributed by atoms with Crippen molar-refractivity contribution in [3.05, 3.63) is 34.5 Å². The molecule has 0 aliphatic rings. The molecule has 15 heavy (non-hydrogen) atoms. The first kappa shape index (κ1) is 10.2. The van der Waals surface area contributed by atoms with E-state index < -0.39 is 12.1 Å². The van der Waals surface area contributed by atoms with E-state index in [0.717, 1.165) is 9.86 Å². The number of benzene rings is 1. The van der Waals surface area contributed by atoms with Crippen LogP contribution in [0.5, 0.6) is 0 Å². The first-order valence-corrected chi connectivity index (χ1v) is 4.96. The van der Waals surface area contributed by atoms with Gasteiger partial charge in [-0.2, -0.15) is 0 Å². The first-order chi connectivity index (χ1) is 7.09. The number of fused-ring (bicyclic) bond motifs is 1. The van der Waals surface area contributed by atoms with Gasteiger partial charge in [0.1, 0.15) is 11.8 Å². The maximum atomic E-state index is 10.6. The lowest BCUT2D eigenvalue weighted by Gasteiger charge is -2.04. The van der Waals surface area contributed by atoms with E-state index in [1.807, 2.05) is 0 Å². The standard InChI is InChI=1S/C10H7BrO4/c11-7-4-15-8-2-1-5(3-6(7)8)9(12)10(13)14/h1-4,9,12H,(H,13,14). The molecule has 0 saturated carbocycles. The zero-order valence-electron chi connectivity index (χ0n) is 7.48. The Morgan fingerprint density at radius 2 is 2.20 bits per heavy atom. The minimum Gasteiger partial charge on any atom is -0.479 e. The minimum absolute atomic E-state index is 0.331. The molecule has 1 unspecified atom stereocenters. The SMILES string of the molecule is O=C(O)C(O)c1ccc2occ(Br)c2c1. The molecule has 0 spiro atoms. The van der Waals surface area contributed by atoms with Crippen LogP contribution >= 0.6 is 15.9 Å². The largest absolute Gasteiger partial charge is 0.479 e. The minimum atomic E-state index is -1.50. The maximum Gasteiger partial charge on any atom is 0.337 e. The molecule has 0 saturated heterocycles. The van der Waals surface area contributed by atoms with Gasteiger partial charge in [0.25, 0.3) is 0 Å². The van der Waals surface area contributed by atoms with Crippen molar-refractivity contribution in [1.82, 2.24) is 0 Å². The summed E-state index contributed by atoms with van der Waals surface area (Å²) in [6.45, 7) is 0. The van der Waals surface area contributed by atoms with E-state index in [2.05, 4.69) is 15.9 Å². The molecule has 2 aromatic rings. The molecule has 0 aliphatic heterocycles. The van der Waals surface area contributed by atoms with Crippen LogP contribution in [0.3, 0.4) is 0 Å². The van der Waals surface area contributed by atoms with E-state index in [-0.39, 0.29) is 0 Å². The second kappa shape index (κ2) is 3.67. The van der Waals surface area contributed by atoms with Crippen LogP contribution in [0.4, 0.5) is 0 Å². The molecular weight excluding hydrogens is 264 g/mol. The van der Waals surface area contributed by atoms with E-state index in [1.54, 1.807) is 12.1 Å². The lowest BCUT2D eigenvalue weighted by Crippen LogP contribution is -2.09. The molecule has 4 nitrogen and oxygen atoms in total. The topological polar surface area (TPSA) is 70.7 Å². The monoisotopic (exact) mass is 270 g/mol. The van der Waals surface area contributed by atoms with Gasteiger partial charge in [0.05, 0.1) is 4.47 Å². The van der Waals surface area contributed by atoms with Crippen molar-refractivity contribution in [3.63, 3.8) is 0 Å². The Hall–Kier alpha value is -1.33. The summed E-state index contributed by atoms with van der Waals surface area (Å²) in [5, 5.41) is 18.7. The molecule has 0 bridgehead atoms. The van der Waals surface area contributed by atoms with Crippen molar-refractivity contribution >= 4 is 32.9 Å². The summed E-state index contributed by atoms with van der Waals surface area (Å²) in [4.78, 5) is 10.6. The highest BCUT2D eigenvalue weighted by Gasteiger charge is 2.17. The van der Waals surface area contributed by atoms with E-state index in [1.165, 1.54) is 12.3 Å². The number of aliphatic hydroxyl groups excluding tert-OH is 1. The molecule has 5 heteroatoms. The molecule has 1 heterocycles. The van der Waals surface area contributed by atoms with Crippen LogP contribution in [0.1, 0.15) is 11.7 Å². The van der Waals surface area contributed by atoms with Crippen molar-refractivity contribution in [1.29, 1.82) is 0 Å². The number of furan rings is 1. The highest BCUT2D eigenvalue weighted by molar-refractivity contribution is 9.10. The summed E-state index contributed by atoms with van der Waals surface area (Å²) in [6, 6.07) is 4.74. The lowest BCUT2D eigenvalue weighted by molar-refractivity contribution is -0.146. The summed E-state index contributed by atoms with van der Waals surface area (Å²) in [6.07, 6.45) is 0.0120. The van der Waals surface area contributed by atoms with Crippen LogP contribution in [0.15, 0.2) is 33.4 Å². The van der Waals surface area contributed by atoms with Gasteiger partial charge in [0.2, 0.25) is 0 Å². The Labute approximate surface area is 93.3 Å². The quantitative estimate of drug-likeness (QED) is 0.879. The molecular formula is C10H7BrO4. The number of aliphatic carboxylic acids is 1. The van der Waals surface area contributed by atoms with Gasteiger partial charge in [-0.15, -0.1) is 0 Å². The third-order valence-corrected chi connectivity index (χ3v) is 2.71. The highest BCUT2D eigenvalue weighted by atomic mass is 79.9. The predicted molar refractivity (Wildman–Crippen MR) is 56.5 cm³/mol. The molecule has 78 valence electrons. The van der Waals surface area contributed by atoms with E-state index >= 15 is 0 Å². The van der Waals surface area contributed by atoms with E-state index in [0.29, 0.717) is 11.1 Å². The van der Waals surface area contributed by atoms with Crippen LogP contribution in [-0.2, 0) is 4.79 Å². The van der Waals surface area contributed by atoms with Gasteiger partial charge in [0.15, 0.2) is 6.10 Å². The number of rotatable bonds is 2. The van der Waals surface area contributed by atoms with Crippen molar-refractivity contribution in [2.75, 3.05) is 0 Å². The summed E-state index contributed by atoms with van der Waals surface area (Å²) >= 11 is 3.26. The third kappa shape index (κ3) is 1.75. The fourth-order valence-electron chi connectivity index (χ4n) is 1.33. The van der Waals surface area contributed by atoms with Crippen LogP contribution in [-0.4, -0.2) is 16.2 Å². The number of hydrogen-bond donors (Lipinski definition) is 2. The van der Waals surface area contributed by atoms with E-state index in [4.69, 9.17) is 9.52 Å². The van der Waals surface area contributed by atoms with Crippen molar-refractivity contribution in [2.45, 2.75) is 6.10 Å². The summed E-state index contributed by atoms with van der Waals surface area (Å²) in [5.41, 5.74) is 0.973. The number of halogens is 1. The number of carboxylic acid groups (broad SMARTS) is 1. The molecule has 0 fully saturated rings. The zero-order valence-corrected chi connectivity index (χ0v) is 9.06. The fourth-order valence-corrected chi connectivity index (χ4v) is 1.73. The van der Waals surface area contributed by atoms with Gasteiger partial charge in [-0.1, -0.05) is 6.07 Å². The number of carboxylic acids is 1. The normalized spacial score (nSPS) is 12.9. The summed E-state index contributed by atoms with van der Waals surface area (Å²) in [7, 11) is 0. The molecule has 2 N–H and O–H groups in total. The Balaban J connectivity index is 2.54. The summed E-state index contributed by atoms with van der Waals surface area (Å²) < 4.78 is 5.90. The van der Waals surface area contributed by atoms with Crippen molar-refractivity contribution < 1.29 is 19.4 Å². The number of carbonyl (C=O) groups is 1. The van der Waals surface area contributed by atoms with Crippen LogP contribution in [0.2, 0.25) is 0 Å². The number of aliphatic hydroxyl groups is 1. The fraction of sp³-hybridized carbons (Fsp3) is 0.100. The van der Waals surface area contributed by atoms with Gasteiger partial charge in [0, 0.05) is 5.39 Å². The Kier molecular flexibility index (Phi) is 2.50. The maximum absolute atomic E-state index is 10.6. The van der Waals surface area contributed by atoms with Gasteiger partial charge in [-0.25, -0.2) is 4.79 Å². The second-order valence-corrected chi connectivity index (χ2v) is 3.93. The Morgan fingerprint density at radius 3 is 2.87 bits per heavy atom. The van der Waals surface area contributed by atoms with E-state index in [9.17, 15) is 9.90 Å². The molecule has 1 aromatic heterocycles. The van der Waals surface area contributed by atoms with Crippen molar-refractivity contribution in [3.8, 4) is 0 Å². The van der Waals surface area contributed by atoms with Crippen LogP contribution in [0, 0.1) is 0 Å². The zero-order chi connectivity index (χ0) is 11.0. The molecule has 2 rings (SSSR count). The Bertz CT molecular complexity index is 517. The van der Waals surface area contributed by atoms with Crippen LogP contribution in [0.25, 0.3) is 11.0 Å². The average Bonchev–Trinajstić information content (AvgIpc) is 2.59. The lowest BCUT2D eigenvalue weighted by atomic mass is 10.1. The van der Waals surface area contributed by atoms with Gasteiger partial charge in [-0.05, 0) is 33.6 Å².